The van der Waals surface area contributed by atoms with Gasteiger partial charge < -0.3 is 25.7 Å². The Morgan fingerprint density at radius 3 is 2.40 bits per heavy atom. The summed E-state index contributed by atoms with van der Waals surface area (Å²) in [4.78, 5) is 10.1. The van der Waals surface area contributed by atoms with E-state index in [1.165, 1.54) is 17.8 Å². The lowest BCUT2D eigenvalue weighted by molar-refractivity contribution is -0.274. The van der Waals surface area contributed by atoms with Crippen LogP contribution in [0.15, 0.2) is 66.7 Å². The van der Waals surface area contributed by atoms with Gasteiger partial charge >= 0.3 is 6.36 Å². The van der Waals surface area contributed by atoms with Crippen LogP contribution in [0.4, 0.5) is 30.5 Å². The number of anilines is 3. The first-order chi connectivity index (χ1) is 16.8. The predicted molar refractivity (Wildman–Crippen MR) is 132 cm³/mol. The van der Waals surface area contributed by atoms with Crippen molar-refractivity contribution in [3.8, 4) is 5.75 Å². The fourth-order valence-corrected chi connectivity index (χ4v) is 4.53. The molecule has 9 heteroatoms. The third kappa shape index (κ3) is 5.62. The summed E-state index contributed by atoms with van der Waals surface area (Å²) >= 11 is 0. The van der Waals surface area contributed by atoms with Gasteiger partial charge in [-0.25, -0.2) is 4.98 Å². The maximum absolute atomic E-state index is 12.4. The second-order valence-corrected chi connectivity index (χ2v) is 8.76. The summed E-state index contributed by atoms with van der Waals surface area (Å²) in [6.45, 7) is 2.43. The van der Waals surface area contributed by atoms with Crippen molar-refractivity contribution in [2.24, 2.45) is 0 Å². The lowest BCUT2D eigenvalue weighted by Crippen LogP contribution is -2.32. The molecule has 1 aliphatic rings. The fourth-order valence-electron chi connectivity index (χ4n) is 4.53. The molecule has 1 saturated heterocycles. The molecule has 35 heavy (non-hydrogen) atoms. The van der Waals surface area contributed by atoms with Crippen molar-refractivity contribution < 1.29 is 17.9 Å². The molecule has 4 N–H and O–H groups in total. The molecule has 0 amide bonds. The molecule has 0 bridgehead atoms. The molecule has 1 fully saturated rings. The number of rotatable bonds is 6. The average molecular weight is 482 g/mol. The summed E-state index contributed by atoms with van der Waals surface area (Å²) in [6, 6.07) is 20.3. The molecule has 0 unspecified atom stereocenters. The number of piperidine rings is 1. The van der Waals surface area contributed by atoms with E-state index in [2.05, 4.69) is 49.2 Å². The number of halogens is 3. The highest BCUT2D eigenvalue weighted by Crippen LogP contribution is 2.32. The summed E-state index contributed by atoms with van der Waals surface area (Å²) in [5, 5.41) is 3.32. The molecule has 0 saturated carbocycles. The van der Waals surface area contributed by atoms with Gasteiger partial charge in [0.25, 0.3) is 0 Å². The molecule has 1 aliphatic heterocycles. The number of benzene rings is 3. The number of fused-ring (bicyclic) bond motifs is 1. The van der Waals surface area contributed by atoms with Gasteiger partial charge in [-0.15, -0.1) is 13.2 Å². The molecule has 182 valence electrons. The second kappa shape index (κ2) is 9.40. The first kappa shape index (κ1) is 22.9. The molecule has 0 aliphatic carbocycles. The summed E-state index contributed by atoms with van der Waals surface area (Å²) in [6.07, 6.45) is -2.78. The number of nitrogens with two attached hydrogens (primary N) is 1. The van der Waals surface area contributed by atoms with Gasteiger partial charge in [-0.3, -0.25) is 0 Å². The standard InChI is InChI=1S/C26H26F3N5O/c27-26(28,29)35-22-8-3-18(4-9-22)19-11-13-34(14-12-19)21-6-1-17(2-7-21)16-31-25-32-23-10-5-20(30)15-24(23)33-25/h1-10,15,19H,11-14,16,30H2,(H2,31,32,33). The third-order valence-electron chi connectivity index (χ3n) is 6.35. The number of H-pyrrole nitrogens is 1. The van der Waals surface area contributed by atoms with Crippen LogP contribution >= 0.6 is 0 Å². The summed E-state index contributed by atoms with van der Waals surface area (Å²) < 4.78 is 41.0. The Hall–Kier alpha value is -3.88. The predicted octanol–water partition coefficient (Wildman–Crippen LogP) is 6.04. The quantitative estimate of drug-likeness (QED) is 0.293. The number of alkyl halides is 3. The van der Waals surface area contributed by atoms with E-state index < -0.39 is 6.36 Å². The third-order valence-corrected chi connectivity index (χ3v) is 6.35. The van der Waals surface area contributed by atoms with Crippen molar-refractivity contribution in [1.29, 1.82) is 0 Å². The van der Waals surface area contributed by atoms with E-state index in [1.54, 1.807) is 12.1 Å². The Balaban J connectivity index is 1.13. The van der Waals surface area contributed by atoms with E-state index in [4.69, 9.17) is 5.73 Å². The number of nitrogens with zero attached hydrogens (tertiary/aromatic N) is 2. The van der Waals surface area contributed by atoms with Gasteiger partial charge in [-0.2, -0.15) is 0 Å². The first-order valence-corrected chi connectivity index (χ1v) is 11.5. The molecular weight excluding hydrogens is 455 g/mol. The largest absolute Gasteiger partial charge is 0.573 e. The van der Waals surface area contributed by atoms with Crippen LogP contribution in [-0.4, -0.2) is 29.4 Å². The number of aromatic amines is 1. The lowest BCUT2D eigenvalue weighted by Gasteiger charge is -2.34. The number of hydrogen-bond acceptors (Lipinski definition) is 5. The normalized spacial score (nSPS) is 14.9. The number of nitrogens with one attached hydrogen (secondary N) is 2. The molecule has 3 aromatic carbocycles. The maximum Gasteiger partial charge on any atom is 0.573 e. The van der Waals surface area contributed by atoms with Crippen LogP contribution in [0.1, 0.15) is 29.9 Å². The van der Waals surface area contributed by atoms with Crippen LogP contribution < -0.4 is 20.7 Å². The van der Waals surface area contributed by atoms with Gasteiger partial charge in [0.1, 0.15) is 5.75 Å². The average Bonchev–Trinajstić information content (AvgIpc) is 3.25. The minimum atomic E-state index is -4.67. The van der Waals surface area contributed by atoms with Gasteiger partial charge in [0, 0.05) is 31.0 Å². The Labute approximate surface area is 200 Å². The smallest absolute Gasteiger partial charge is 0.406 e. The summed E-state index contributed by atoms with van der Waals surface area (Å²) in [5.41, 5.74) is 11.6. The molecule has 0 spiro atoms. The number of nitrogen functional groups attached to an aromatic ring is 1. The summed E-state index contributed by atoms with van der Waals surface area (Å²) in [7, 11) is 0. The van der Waals surface area contributed by atoms with Crippen molar-refractivity contribution in [2.45, 2.75) is 31.7 Å². The molecule has 5 rings (SSSR count). The lowest BCUT2D eigenvalue weighted by atomic mass is 9.89. The second-order valence-electron chi connectivity index (χ2n) is 8.76. The molecule has 4 aromatic rings. The highest BCUT2D eigenvalue weighted by molar-refractivity contribution is 5.80. The van der Waals surface area contributed by atoms with Gasteiger partial charge in [0.05, 0.1) is 11.0 Å². The topological polar surface area (TPSA) is 79.2 Å². The van der Waals surface area contributed by atoms with Gasteiger partial charge in [0.2, 0.25) is 5.95 Å². The van der Waals surface area contributed by atoms with Gasteiger partial charge in [-0.1, -0.05) is 24.3 Å². The SMILES string of the molecule is Nc1ccc2nc(NCc3ccc(N4CCC(c5ccc(OC(F)(F)F)cc5)CC4)cc3)[nH]c2c1. The molecule has 6 nitrogen and oxygen atoms in total. The zero-order chi connectivity index (χ0) is 24.4. The van der Waals surface area contributed by atoms with E-state index in [9.17, 15) is 13.2 Å². The summed E-state index contributed by atoms with van der Waals surface area (Å²) in [5.74, 6) is 0.849. The van der Waals surface area contributed by atoms with Crippen molar-refractivity contribution in [1.82, 2.24) is 9.97 Å². The van der Waals surface area contributed by atoms with Crippen molar-refractivity contribution in [3.05, 3.63) is 77.9 Å². The van der Waals surface area contributed by atoms with E-state index in [0.29, 0.717) is 24.1 Å². The number of hydrogen-bond donors (Lipinski definition) is 3. The Kier molecular flexibility index (Phi) is 6.15. The van der Waals surface area contributed by atoms with E-state index in [-0.39, 0.29) is 5.75 Å². The van der Waals surface area contributed by atoms with Crippen LogP contribution in [0.25, 0.3) is 11.0 Å². The first-order valence-electron chi connectivity index (χ1n) is 11.5. The zero-order valence-electron chi connectivity index (χ0n) is 19.0. The van der Waals surface area contributed by atoms with E-state index in [1.807, 2.05) is 18.2 Å². The monoisotopic (exact) mass is 481 g/mol. The van der Waals surface area contributed by atoms with Gasteiger partial charge in [0.15, 0.2) is 0 Å². The van der Waals surface area contributed by atoms with Crippen LogP contribution in [0, 0.1) is 0 Å². The van der Waals surface area contributed by atoms with Crippen molar-refractivity contribution >= 4 is 28.4 Å². The minimum absolute atomic E-state index is 0.182. The maximum atomic E-state index is 12.4. The van der Waals surface area contributed by atoms with Crippen LogP contribution in [0.2, 0.25) is 0 Å². The highest BCUT2D eigenvalue weighted by Gasteiger charge is 2.31. The fraction of sp³-hybridized carbons (Fsp3) is 0.269. The Bertz CT molecular complexity index is 1280. The molecule has 0 radical (unpaired) electrons. The van der Waals surface area contributed by atoms with Gasteiger partial charge in [-0.05, 0) is 72.4 Å². The highest BCUT2D eigenvalue weighted by atomic mass is 19.4. The molecule has 2 heterocycles. The van der Waals surface area contributed by atoms with Crippen LogP contribution in [-0.2, 0) is 6.54 Å². The molecular formula is C26H26F3N5O. The van der Waals surface area contributed by atoms with Crippen LogP contribution in [0.3, 0.4) is 0 Å². The molecule has 1 aromatic heterocycles. The molecule has 0 atom stereocenters. The minimum Gasteiger partial charge on any atom is -0.406 e. The van der Waals surface area contributed by atoms with E-state index >= 15 is 0 Å². The van der Waals surface area contributed by atoms with Crippen molar-refractivity contribution in [3.63, 3.8) is 0 Å². The number of imidazole rings is 1. The van der Waals surface area contributed by atoms with E-state index in [0.717, 1.165) is 48.1 Å². The van der Waals surface area contributed by atoms with Crippen LogP contribution in [0.5, 0.6) is 5.75 Å². The Morgan fingerprint density at radius 1 is 1.00 bits per heavy atom. The zero-order valence-corrected chi connectivity index (χ0v) is 19.0. The number of ether oxygens (including phenoxy) is 1. The number of aromatic nitrogens is 2. The Morgan fingerprint density at radius 2 is 1.71 bits per heavy atom. The van der Waals surface area contributed by atoms with Crippen molar-refractivity contribution in [2.75, 3.05) is 29.0 Å².